The van der Waals surface area contributed by atoms with Gasteiger partial charge in [-0.3, -0.25) is 0 Å². The van der Waals surface area contributed by atoms with Gasteiger partial charge in [0.25, 0.3) is 0 Å². The van der Waals surface area contributed by atoms with E-state index in [0.29, 0.717) is 0 Å². The topological polar surface area (TPSA) is 21.3 Å². The maximum Gasteiger partial charge on any atom is 0.0957 e. The quantitative estimate of drug-likeness (QED) is 0.849. The molecule has 2 aromatic carbocycles. The van der Waals surface area contributed by atoms with Crippen molar-refractivity contribution in [3.05, 3.63) is 71.8 Å². The van der Waals surface area contributed by atoms with Gasteiger partial charge in [-0.25, -0.2) is 0 Å². The molecule has 0 aliphatic carbocycles. The molecule has 0 aliphatic heterocycles. The standard InChI is InChI=1S/C17H21NO/c1-14(15-9-5-3-6-10-15)19-17(13-18-2)16-11-7-4-8-12-16/h3-12,14,17-18H,13H2,1-2H3. The van der Waals surface area contributed by atoms with E-state index in [1.165, 1.54) is 11.1 Å². The summed E-state index contributed by atoms with van der Waals surface area (Å²) in [6, 6.07) is 20.7. The largest absolute Gasteiger partial charge is 0.365 e. The fourth-order valence-corrected chi connectivity index (χ4v) is 2.15. The normalized spacial score (nSPS) is 14.0. The molecule has 0 aromatic heterocycles. The summed E-state index contributed by atoms with van der Waals surface area (Å²) < 4.78 is 6.20. The summed E-state index contributed by atoms with van der Waals surface area (Å²) >= 11 is 0. The van der Waals surface area contributed by atoms with Gasteiger partial charge in [0.1, 0.15) is 0 Å². The zero-order chi connectivity index (χ0) is 13.5. The first-order chi connectivity index (χ1) is 9.31. The van der Waals surface area contributed by atoms with Crippen molar-refractivity contribution >= 4 is 0 Å². The van der Waals surface area contributed by atoms with Gasteiger partial charge in [0.15, 0.2) is 0 Å². The van der Waals surface area contributed by atoms with E-state index in [2.05, 4.69) is 48.6 Å². The summed E-state index contributed by atoms with van der Waals surface area (Å²) in [6.45, 7) is 2.90. The summed E-state index contributed by atoms with van der Waals surface area (Å²) in [5.74, 6) is 0. The number of hydrogen-bond acceptors (Lipinski definition) is 2. The highest BCUT2D eigenvalue weighted by Crippen LogP contribution is 2.25. The second kappa shape index (κ2) is 7.07. The molecule has 100 valence electrons. The Morgan fingerprint density at radius 2 is 1.42 bits per heavy atom. The lowest BCUT2D eigenvalue weighted by Crippen LogP contribution is -2.21. The van der Waals surface area contributed by atoms with E-state index in [0.717, 1.165) is 6.54 Å². The van der Waals surface area contributed by atoms with Gasteiger partial charge in [0.05, 0.1) is 12.2 Å². The lowest BCUT2D eigenvalue weighted by molar-refractivity contribution is -0.00341. The average Bonchev–Trinajstić information content (AvgIpc) is 2.48. The molecule has 0 amide bonds. The maximum atomic E-state index is 6.20. The zero-order valence-corrected chi connectivity index (χ0v) is 11.5. The second-order valence-corrected chi connectivity index (χ2v) is 4.65. The van der Waals surface area contributed by atoms with E-state index in [-0.39, 0.29) is 12.2 Å². The van der Waals surface area contributed by atoms with E-state index in [1.807, 2.05) is 31.3 Å². The van der Waals surface area contributed by atoms with Gasteiger partial charge in [0, 0.05) is 6.54 Å². The third kappa shape index (κ3) is 3.91. The molecule has 2 heteroatoms. The Labute approximate surface area is 115 Å². The monoisotopic (exact) mass is 255 g/mol. The number of hydrogen-bond donors (Lipinski definition) is 1. The van der Waals surface area contributed by atoms with Gasteiger partial charge in [-0.2, -0.15) is 0 Å². The van der Waals surface area contributed by atoms with Gasteiger partial charge in [0.2, 0.25) is 0 Å². The van der Waals surface area contributed by atoms with Crippen LogP contribution in [0.3, 0.4) is 0 Å². The Balaban J connectivity index is 2.09. The fourth-order valence-electron chi connectivity index (χ4n) is 2.15. The van der Waals surface area contributed by atoms with Gasteiger partial charge < -0.3 is 10.1 Å². The van der Waals surface area contributed by atoms with Crippen molar-refractivity contribution in [2.75, 3.05) is 13.6 Å². The van der Waals surface area contributed by atoms with Crippen LogP contribution in [0, 0.1) is 0 Å². The van der Waals surface area contributed by atoms with Crippen LogP contribution in [0.4, 0.5) is 0 Å². The van der Waals surface area contributed by atoms with Crippen LogP contribution < -0.4 is 5.32 Å². The summed E-state index contributed by atoms with van der Waals surface area (Å²) in [4.78, 5) is 0. The third-order valence-corrected chi connectivity index (χ3v) is 3.20. The van der Waals surface area contributed by atoms with Crippen LogP contribution in [0.2, 0.25) is 0 Å². The molecule has 2 aromatic rings. The Kier molecular flexibility index (Phi) is 5.13. The van der Waals surface area contributed by atoms with Crippen molar-refractivity contribution in [3.63, 3.8) is 0 Å². The highest BCUT2D eigenvalue weighted by Gasteiger charge is 2.15. The molecule has 19 heavy (non-hydrogen) atoms. The van der Waals surface area contributed by atoms with Crippen LogP contribution in [0.5, 0.6) is 0 Å². The van der Waals surface area contributed by atoms with E-state index in [9.17, 15) is 0 Å². The molecule has 0 bridgehead atoms. The molecule has 0 heterocycles. The van der Waals surface area contributed by atoms with Gasteiger partial charge in [-0.1, -0.05) is 60.7 Å². The predicted octanol–water partition coefficient (Wildman–Crippen LogP) is 3.72. The van der Waals surface area contributed by atoms with Gasteiger partial charge in [-0.15, -0.1) is 0 Å². The highest BCUT2D eigenvalue weighted by molar-refractivity contribution is 5.20. The van der Waals surface area contributed by atoms with Crippen LogP contribution in [-0.2, 0) is 4.74 Å². The molecule has 0 radical (unpaired) electrons. The number of likely N-dealkylation sites (N-methyl/N-ethyl adjacent to an activating group) is 1. The minimum Gasteiger partial charge on any atom is -0.365 e. The van der Waals surface area contributed by atoms with Gasteiger partial charge >= 0.3 is 0 Å². The fraction of sp³-hybridized carbons (Fsp3) is 0.294. The van der Waals surface area contributed by atoms with Crippen LogP contribution in [0.15, 0.2) is 60.7 Å². The second-order valence-electron chi connectivity index (χ2n) is 4.65. The SMILES string of the molecule is CNCC(OC(C)c1ccccc1)c1ccccc1. The Morgan fingerprint density at radius 1 is 0.895 bits per heavy atom. The van der Waals surface area contributed by atoms with E-state index in [4.69, 9.17) is 4.74 Å². The van der Waals surface area contributed by atoms with Crippen LogP contribution in [0.25, 0.3) is 0 Å². The maximum absolute atomic E-state index is 6.20. The molecule has 2 nitrogen and oxygen atoms in total. The first kappa shape index (κ1) is 13.8. The number of benzene rings is 2. The predicted molar refractivity (Wildman–Crippen MR) is 79.1 cm³/mol. The molecule has 1 N–H and O–H groups in total. The van der Waals surface area contributed by atoms with Crippen molar-refractivity contribution < 1.29 is 4.74 Å². The molecule has 0 saturated carbocycles. The smallest absolute Gasteiger partial charge is 0.0957 e. The lowest BCUT2D eigenvalue weighted by Gasteiger charge is -2.23. The molecular weight excluding hydrogens is 234 g/mol. The highest BCUT2D eigenvalue weighted by atomic mass is 16.5. The van der Waals surface area contributed by atoms with Crippen molar-refractivity contribution in [1.82, 2.24) is 5.32 Å². The Hall–Kier alpha value is -1.64. The molecule has 2 atom stereocenters. The molecule has 0 saturated heterocycles. The van der Waals surface area contributed by atoms with Crippen molar-refractivity contribution in [2.45, 2.75) is 19.1 Å². The molecule has 0 aliphatic rings. The van der Waals surface area contributed by atoms with Crippen LogP contribution in [-0.4, -0.2) is 13.6 Å². The molecule has 0 fully saturated rings. The van der Waals surface area contributed by atoms with Crippen molar-refractivity contribution in [2.24, 2.45) is 0 Å². The molecule has 2 unspecified atom stereocenters. The Morgan fingerprint density at radius 3 is 1.95 bits per heavy atom. The minimum absolute atomic E-state index is 0.0707. The van der Waals surface area contributed by atoms with Gasteiger partial charge in [-0.05, 0) is 25.1 Å². The number of rotatable bonds is 6. The molecular formula is C17H21NO. The molecule has 0 spiro atoms. The third-order valence-electron chi connectivity index (χ3n) is 3.20. The summed E-state index contributed by atoms with van der Waals surface area (Å²) in [5.41, 5.74) is 2.42. The summed E-state index contributed by atoms with van der Waals surface area (Å²) in [7, 11) is 1.95. The van der Waals surface area contributed by atoms with Crippen molar-refractivity contribution in [1.29, 1.82) is 0 Å². The average molecular weight is 255 g/mol. The Bertz CT molecular complexity index is 469. The summed E-state index contributed by atoms with van der Waals surface area (Å²) in [5, 5.41) is 3.20. The van der Waals surface area contributed by atoms with E-state index in [1.54, 1.807) is 0 Å². The van der Waals surface area contributed by atoms with Crippen molar-refractivity contribution in [3.8, 4) is 0 Å². The summed E-state index contributed by atoms with van der Waals surface area (Å²) in [6.07, 6.45) is 0.154. The minimum atomic E-state index is 0.0707. The first-order valence-electron chi connectivity index (χ1n) is 6.71. The molecule has 2 rings (SSSR count). The zero-order valence-electron chi connectivity index (χ0n) is 11.5. The van der Waals surface area contributed by atoms with E-state index < -0.39 is 0 Å². The number of ether oxygens (including phenoxy) is 1. The lowest BCUT2D eigenvalue weighted by atomic mass is 10.1. The van der Waals surface area contributed by atoms with E-state index >= 15 is 0 Å². The van der Waals surface area contributed by atoms with Crippen LogP contribution in [0.1, 0.15) is 30.3 Å². The number of nitrogens with one attached hydrogen (secondary N) is 1. The van der Waals surface area contributed by atoms with Crippen LogP contribution >= 0.6 is 0 Å². The first-order valence-corrected chi connectivity index (χ1v) is 6.71.